The van der Waals surface area contributed by atoms with Crippen LogP contribution in [0.1, 0.15) is 23.7 Å². The lowest BCUT2D eigenvalue weighted by Crippen LogP contribution is -2.20. The predicted octanol–water partition coefficient (Wildman–Crippen LogP) is 1.53. The van der Waals surface area contributed by atoms with E-state index < -0.39 is 10.9 Å². The van der Waals surface area contributed by atoms with Gasteiger partial charge in [0.15, 0.2) is 0 Å². The molecule has 1 aromatic heterocycles. The van der Waals surface area contributed by atoms with Crippen LogP contribution in [0.15, 0.2) is 12.3 Å². The lowest BCUT2D eigenvalue weighted by molar-refractivity contribution is -0.384. The van der Waals surface area contributed by atoms with Crippen molar-refractivity contribution in [1.82, 2.24) is 4.98 Å². The predicted molar refractivity (Wildman–Crippen MR) is 61.4 cm³/mol. The first kappa shape index (κ1) is 12.9. The quantitative estimate of drug-likeness (QED) is 0.618. The highest BCUT2D eigenvalue weighted by Gasteiger charge is 2.21. The van der Waals surface area contributed by atoms with Gasteiger partial charge in [0.25, 0.3) is 0 Å². The van der Waals surface area contributed by atoms with E-state index in [1.54, 1.807) is 11.9 Å². The van der Waals surface area contributed by atoms with E-state index in [0.717, 1.165) is 18.7 Å². The molecule has 0 aromatic carbocycles. The van der Waals surface area contributed by atoms with Crippen molar-refractivity contribution in [2.24, 2.45) is 0 Å². The molecule has 1 rings (SSSR count). The smallest absolute Gasteiger partial charge is 0.337 e. The van der Waals surface area contributed by atoms with Gasteiger partial charge in [-0.25, -0.2) is 9.78 Å². The Balaban J connectivity index is 3.22. The summed E-state index contributed by atoms with van der Waals surface area (Å²) in [5, 5.41) is 19.6. The zero-order chi connectivity index (χ0) is 13.0. The number of carbonyl (C=O) groups is 1. The van der Waals surface area contributed by atoms with Gasteiger partial charge in [0.2, 0.25) is 5.82 Å². The second-order valence-corrected chi connectivity index (χ2v) is 3.55. The molecule has 0 aliphatic carbocycles. The number of carboxylic acid groups (broad SMARTS) is 1. The van der Waals surface area contributed by atoms with E-state index >= 15 is 0 Å². The molecule has 0 fully saturated rings. The molecular weight excluding hydrogens is 226 g/mol. The summed E-state index contributed by atoms with van der Waals surface area (Å²) < 4.78 is 0. The fourth-order valence-electron chi connectivity index (χ4n) is 1.43. The maximum absolute atomic E-state index is 10.9. The van der Waals surface area contributed by atoms with Crippen molar-refractivity contribution in [2.45, 2.75) is 13.3 Å². The summed E-state index contributed by atoms with van der Waals surface area (Å²) in [6.07, 6.45) is 1.94. The number of aromatic nitrogens is 1. The lowest BCUT2D eigenvalue weighted by atomic mass is 10.2. The molecule has 1 heterocycles. The van der Waals surface area contributed by atoms with Crippen molar-refractivity contribution >= 4 is 17.5 Å². The van der Waals surface area contributed by atoms with Crippen LogP contribution < -0.4 is 4.90 Å². The number of hydrogen-bond acceptors (Lipinski definition) is 5. The topological polar surface area (TPSA) is 96.6 Å². The molecule has 0 aliphatic heterocycles. The van der Waals surface area contributed by atoms with E-state index in [-0.39, 0.29) is 17.1 Å². The van der Waals surface area contributed by atoms with Gasteiger partial charge in [0.05, 0.1) is 10.5 Å². The van der Waals surface area contributed by atoms with E-state index in [2.05, 4.69) is 4.98 Å². The van der Waals surface area contributed by atoms with Crippen LogP contribution in [0.2, 0.25) is 0 Å². The van der Waals surface area contributed by atoms with Crippen LogP contribution in [-0.4, -0.2) is 34.6 Å². The van der Waals surface area contributed by atoms with E-state index in [9.17, 15) is 14.9 Å². The highest BCUT2D eigenvalue weighted by Crippen LogP contribution is 2.25. The number of nitro groups is 1. The molecule has 0 aliphatic rings. The second kappa shape index (κ2) is 5.24. The van der Waals surface area contributed by atoms with E-state index in [4.69, 9.17) is 5.11 Å². The van der Waals surface area contributed by atoms with Gasteiger partial charge in [-0.15, -0.1) is 0 Å². The second-order valence-electron chi connectivity index (χ2n) is 3.55. The van der Waals surface area contributed by atoms with Crippen LogP contribution in [0.5, 0.6) is 0 Å². The average molecular weight is 239 g/mol. The van der Waals surface area contributed by atoms with Crippen LogP contribution in [0.4, 0.5) is 11.5 Å². The molecule has 0 saturated heterocycles. The molecule has 0 saturated carbocycles. The standard InChI is InChI=1S/C10H13N3O4/c1-3-4-12(2)9-8(13(16)17)5-7(6-11-9)10(14)15/h5-6H,3-4H2,1-2H3,(H,14,15). The molecule has 7 nitrogen and oxygen atoms in total. The van der Waals surface area contributed by atoms with Crippen molar-refractivity contribution in [3.05, 3.63) is 27.9 Å². The van der Waals surface area contributed by atoms with Gasteiger partial charge in [0.1, 0.15) is 0 Å². The maximum Gasteiger partial charge on any atom is 0.337 e. The van der Waals surface area contributed by atoms with Crippen molar-refractivity contribution in [3.8, 4) is 0 Å². The Labute approximate surface area is 97.8 Å². The van der Waals surface area contributed by atoms with Crippen molar-refractivity contribution < 1.29 is 14.8 Å². The Morgan fingerprint density at radius 1 is 1.65 bits per heavy atom. The third-order valence-electron chi connectivity index (χ3n) is 2.21. The van der Waals surface area contributed by atoms with Crippen LogP contribution in [0.25, 0.3) is 0 Å². The van der Waals surface area contributed by atoms with Crippen LogP contribution in [0.3, 0.4) is 0 Å². The summed E-state index contributed by atoms with van der Waals surface area (Å²) in [7, 11) is 1.68. The van der Waals surface area contributed by atoms with Crippen molar-refractivity contribution in [3.63, 3.8) is 0 Å². The summed E-state index contributed by atoms with van der Waals surface area (Å²) >= 11 is 0. The summed E-state index contributed by atoms with van der Waals surface area (Å²) in [5.74, 6) is -1.05. The van der Waals surface area contributed by atoms with Gasteiger partial charge < -0.3 is 10.0 Å². The Morgan fingerprint density at radius 3 is 2.76 bits per heavy atom. The molecule has 0 amide bonds. The monoisotopic (exact) mass is 239 g/mol. The zero-order valence-electron chi connectivity index (χ0n) is 9.58. The van der Waals surface area contributed by atoms with Crippen LogP contribution >= 0.6 is 0 Å². The van der Waals surface area contributed by atoms with Crippen molar-refractivity contribution in [1.29, 1.82) is 0 Å². The molecule has 1 aromatic rings. The molecule has 1 N–H and O–H groups in total. The minimum atomic E-state index is -1.23. The molecule has 0 spiro atoms. The summed E-state index contributed by atoms with van der Waals surface area (Å²) in [4.78, 5) is 26.4. The van der Waals surface area contributed by atoms with E-state index in [0.29, 0.717) is 6.54 Å². The number of hydrogen-bond donors (Lipinski definition) is 1. The Hall–Kier alpha value is -2.18. The number of carboxylic acids is 1. The Bertz CT molecular complexity index is 447. The van der Waals surface area contributed by atoms with Gasteiger partial charge in [-0.1, -0.05) is 6.92 Å². The van der Waals surface area contributed by atoms with Gasteiger partial charge >= 0.3 is 11.7 Å². The van der Waals surface area contributed by atoms with Crippen LogP contribution in [-0.2, 0) is 0 Å². The lowest BCUT2D eigenvalue weighted by Gasteiger charge is -2.16. The molecule has 7 heteroatoms. The Morgan fingerprint density at radius 2 is 2.29 bits per heavy atom. The third kappa shape index (κ3) is 2.90. The minimum absolute atomic E-state index is 0.182. The normalized spacial score (nSPS) is 10.0. The highest BCUT2D eigenvalue weighted by atomic mass is 16.6. The number of pyridine rings is 1. The number of rotatable bonds is 5. The molecule has 0 atom stereocenters. The zero-order valence-corrected chi connectivity index (χ0v) is 9.58. The van der Waals surface area contributed by atoms with Crippen LogP contribution in [0, 0.1) is 10.1 Å². The van der Waals surface area contributed by atoms with Gasteiger partial charge in [-0.05, 0) is 6.42 Å². The molecule has 0 radical (unpaired) electrons. The number of anilines is 1. The molecule has 0 bridgehead atoms. The molecule has 17 heavy (non-hydrogen) atoms. The van der Waals surface area contributed by atoms with Crippen molar-refractivity contribution in [2.75, 3.05) is 18.5 Å². The first-order valence-electron chi connectivity index (χ1n) is 5.06. The van der Waals surface area contributed by atoms with E-state index in [1.165, 1.54) is 0 Å². The third-order valence-corrected chi connectivity index (χ3v) is 2.21. The minimum Gasteiger partial charge on any atom is -0.478 e. The first-order chi connectivity index (χ1) is 7.97. The fourth-order valence-corrected chi connectivity index (χ4v) is 1.43. The molecule has 0 unspecified atom stereocenters. The van der Waals surface area contributed by atoms with Gasteiger partial charge in [-0.2, -0.15) is 0 Å². The van der Waals surface area contributed by atoms with E-state index in [1.807, 2.05) is 6.92 Å². The first-order valence-corrected chi connectivity index (χ1v) is 5.06. The number of nitrogens with zero attached hydrogens (tertiary/aromatic N) is 3. The maximum atomic E-state index is 10.9. The van der Waals surface area contributed by atoms with Gasteiger partial charge in [0, 0.05) is 25.9 Å². The fraction of sp³-hybridized carbons (Fsp3) is 0.400. The largest absolute Gasteiger partial charge is 0.478 e. The summed E-state index contributed by atoms with van der Waals surface area (Å²) in [6.45, 7) is 2.55. The summed E-state index contributed by atoms with van der Waals surface area (Å²) in [5.41, 5.74) is -0.480. The average Bonchev–Trinajstić information content (AvgIpc) is 2.28. The summed E-state index contributed by atoms with van der Waals surface area (Å²) in [6, 6.07) is 1.02. The number of aromatic carboxylic acids is 1. The Kier molecular flexibility index (Phi) is 3.97. The SMILES string of the molecule is CCCN(C)c1ncc(C(=O)O)cc1[N+](=O)[O-]. The molecular formula is C10H13N3O4. The molecule has 92 valence electrons. The van der Waals surface area contributed by atoms with Gasteiger partial charge in [-0.3, -0.25) is 10.1 Å². The highest BCUT2D eigenvalue weighted by molar-refractivity contribution is 5.88.